The van der Waals surface area contributed by atoms with Crippen molar-refractivity contribution in [1.29, 1.82) is 5.26 Å². The highest BCUT2D eigenvalue weighted by molar-refractivity contribution is 7.89. The molecule has 1 aliphatic heterocycles. The summed E-state index contributed by atoms with van der Waals surface area (Å²) in [7, 11) is -3.52. The van der Waals surface area contributed by atoms with Gasteiger partial charge in [-0.2, -0.15) is 9.57 Å². The van der Waals surface area contributed by atoms with Crippen molar-refractivity contribution in [3.05, 3.63) is 29.3 Å². The number of nitrogens with two attached hydrogens (primary N) is 1. The molecule has 0 spiro atoms. The molecule has 0 saturated carbocycles. The molecule has 110 valence electrons. The zero-order valence-corrected chi connectivity index (χ0v) is 12.9. The molecule has 1 aromatic carbocycles. The van der Waals surface area contributed by atoms with Crippen LogP contribution in [0.2, 0.25) is 0 Å². The highest BCUT2D eigenvalue weighted by atomic mass is 35.5. The summed E-state index contributed by atoms with van der Waals surface area (Å²) in [5.41, 5.74) is 6.81. The standard InChI is InChI=1S/C13H17N3O2S.ClH/c1-10-2-3-11(9-14)8-13(10)19(17,18)16-6-4-12(15)5-7-16;/h2-3,8,12H,4-7,15H2,1H3;1H. The van der Waals surface area contributed by atoms with Crippen LogP contribution in [0.4, 0.5) is 0 Å². The van der Waals surface area contributed by atoms with Crippen molar-refractivity contribution in [3.63, 3.8) is 0 Å². The fourth-order valence-corrected chi connectivity index (χ4v) is 3.92. The number of halogens is 1. The molecule has 1 fully saturated rings. The predicted molar refractivity (Wildman–Crippen MR) is 79.1 cm³/mol. The smallest absolute Gasteiger partial charge is 0.243 e. The van der Waals surface area contributed by atoms with Crippen LogP contribution in [-0.2, 0) is 10.0 Å². The minimum atomic E-state index is -3.52. The second-order valence-corrected chi connectivity index (χ2v) is 6.74. The van der Waals surface area contributed by atoms with E-state index < -0.39 is 10.0 Å². The maximum absolute atomic E-state index is 12.6. The predicted octanol–water partition coefficient (Wildman–Crippen LogP) is 1.40. The average Bonchev–Trinajstić information content (AvgIpc) is 2.39. The molecule has 0 bridgehead atoms. The van der Waals surface area contributed by atoms with E-state index in [0.29, 0.717) is 37.1 Å². The van der Waals surface area contributed by atoms with Crippen LogP contribution in [0.3, 0.4) is 0 Å². The largest absolute Gasteiger partial charge is 0.328 e. The van der Waals surface area contributed by atoms with Crippen LogP contribution in [0.25, 0.3) is 0 Å². The molecule has 0 aromatic heterocycles. The summed E-state index contributed by atoms with van der Waals surface area (Å²) in [6.07, 6.45) is 1.35. The lowest BCUT2D eigenvalue weighted by molar-refractivity contribution is 0.320. The summed E-state index contributed by atoms with van der Waals surface area (Å²) in [4.78, 5) is 0.224. The van der Waals surface area contributed by atoms with Crippen molar-refractivity contribution in [2.45, 2.75) is 30.7 Å². The summed E-state index contributed by atoms with van der Waals surface area (Å²) in [6.45, 7) is 2.63. The third kappa shape index (κ3) is 3.30. The van der Waals surface area contributed by atoms with Crippen molar-refractivity contribution < 1.29 is 8.42 Å². The molecule has 20 heavy (non-hydrogen) atoms. The second-order valence-electron chi connectivity index (χ2n) is 4.83. The second kappa shape index (κ2) is 6.55. The topological polar surface area (TPSA) is 87.2 Å². The fraction of sp³-hybridized carbons (Fsp3) is 0.462. The maximum Gasteiger partial charge on any atom is 0.243 e. The van der Waals surface area contributed by atoms with Crippen LogP contribution in [0, 0.1) is 18.3 Å². The van der Waals surface area contributed by atoms with Crippen molar-refractivity contribution in [3.8, 4) is 6.07 Å². The van der Waals surface area contributed by atoms with Gasteiger partial charge in [-0.05, 0) is 37.5 Å². The maximum atomic E-state index is 12.6. The molecule has 5 nitrogen and oxygen atoms in total. The molecular weight excluding hydrogens is 298 g/mol. The van der Waals surface area contributed by atoms with Gasteiger partial charge in [-0.15, -0.1) is 12.4 Å². The number of nitrogens with zero attached hydrogens (tertiary/aromatic N) is 2. The highest BCUT2D eigenvalue weighted by Crippen LogP contribution is 2.23. The molecule has 0 unspecified atom stereocenters. The normalized spacial score (nSPS) is 17.2. The van der Waals surface area contributed by atoms with Gasteiger partial charge in [0.25, 0.3) is 0 Å². The molecular formula is C13H18ClN3O2S. The number of hydrogen-bond acceptors (Lipinski definition) is 4. The number of sulfonamides is 1. The Morgan fingerprint density at radius 1 is 1.35 bits per heavy atom. The monoisotopic (exact) mass is 315 g/mol. The molecule has 1 saturated heterocycles. The Morgan fingerprint density at radius 3 is 2.50 bits per heavy atom. The number of aryl methyl sites for hydroxylation is 1. The molecule has 1 heterocycles. The van der Waals surface area contributed by atoms with Crippen molar-refractivity contribution in [1.82, 2.24) is 4.31 Å². The molecule has 1 aromatic rings. The zero-order valence-electron chi connectivity index (χ0n) is 11.2. The Kier molecular flexibility index (Phi) is 5.54. The van der Waals surface area contributed by atoms with Crippen molar-refractivity contribution >= 4 is 22.4 Å². The molecule has 0 aliphatic carbocycles. The fourth-order valence-electron chi connectivity index (χ4n) is 2.20. The van der Waals surface area contributed by atoms with Crippen LogP contribution in [0.5, 0.6) is 0 Å². The molecule has 0 radical (unpaired) electrons. The van der Waals surface area contributed by atoms with Gasteiger partial charge >= 0.3 is 0 Å². The average molecular weight is 316 g/mol. The first-order valence-corrected chi connectivity index (χ1v) is 7.65. The third-order valence-corrected chi connectivity index (χ3v) is 5.47. The minimum absolute atomic E-state index is 0. The van der Waals surface area contributed by atoms with Gasteiger partial charge in [0.05, 0.1) is 16.5 Å². The van der Waals surface area contributed by atoms with Crippen LogP contribution in [0.1, 0.15) is 24.0 Å². The van der Waals surface area contributed by atoms with Gasteiger partial charge in [-0.25, -0.2) is 8.42 Å². The Hall–Kier alpha value is -1.13. The summed E-state index contributed by atoms with van der Waals surface area (Å²) >= 11 is 0. The van der Waals surface area contributed by atoms with E-state index >= 15 is 0 Å². The van der Waals surface area contributed by atoms with Crippen LogP contribution < -0.4 is 5.73 Å². The number of benzene rings is 1. The Bertz CT molecular complexity index is 617. The van der Waals surface area contributed by atoms with E-state index in [0.717, 1.165) is 0 Å². The quantitative estimate of drug-likeness (QED) is 0.893. The Balaban J connectivity index is 0.00000200. The van der Waals surface area contributed by atoms with Crippen LogP contribution in [-0.4, -0.2) is 31.9 Å². The highest BCUT2D eigenvalue weighted by Gasteiger charge is 2.29. The van der Waals surface area contributed by atoms with Crippen LogP contribution in [0.15, 0.2) is 23.1 Å². The minimum Gasteiger partial charge on any atom is -0.328 e. The Morgan fingerprint density at radius 2 is 1.95 bits per heavy atom. The molecule has 2 rings (SSSR count). The van der Waals surface area contributed by atoms with Crippen molar-refractivity contribution in [2.75, 3.05) is 13.1 Å². The molecule has 7 heteroatoms. The van der Waals surface area contributed by atoms with E-state index in [-0.39, 0.29) is 23.3 Å². The van der Waals surface area contributed by atoms with Gasteiger partial charge in [0.1, 0.15) is 0 Å². The lowest BCUT2D eigenvalue weighted by atomic mass is 10.1. The van der Waals surface area contributed by atoms with Gasteiger partial charge in [0.2, 0.25) is 10.0 Å². The summed E-state index contributed by atoms with van der Waals surface area (Å²) in [5.74, 6) is 0. The van der Waals surface area contributed by atoms with Crippen LogP contribution >= 0.6 is 12.4 Å². The summed E-state index contributed by atoms with van der Waals surface area (Å²) in [6, 6.07) is 6.79. The van der Waals surface area contributed by atoms with Gasteiger partial charge in [0.15, 0.2) is 0 Å². The van der Waals surface area contributed by atoms with E-state index in [4.69, 9.17) is 11.0 Å². The Labute approximate surface area is 125 Å². The van der Waals surface area contributed by atoms with Gasteiger partial charge in [-0.3, -0.25) is 0 Å². The number of piperidine rings is 1. The molecule has 1 aliphatic rings. The first-order chi connectivity index (χ1) is 8.95. The molecule has 2 N–H and O–H groups in total. The van der Waals surface area contributed by atoms with Gasteiger partial charge in [-0.1, -0.05) is 6.07 Å². The number of hydrogen-bond donors (Lipinski definition) is 1. The van der Waals surface area contributed by atoms with E-state index in [1.807, 2.05) is 6.07 Å². The van der Waals surface area contributed by atoms with E-state index in [1.165, 1.54) is 10.4 Å². The van der Waals surface area contributed by atoms with Gasteiger partial charge in [0, 0.05) is 19.1 Å². The van der Waals surface area contributed by atoms with E-state index in [1.54, 1.807) is 19.1 Å². The van der Waals surface area contributed by atoms with E-state index in [2.05, 4.69) is 0 Å². The summed E-state index contributed by atoms with van der Waals surface area (Å²) in [5, 5.41) is 8.89. The first-order valence-electron chi connectivity index (χ1n) is 6.21. The first kappa shape index (κ1) is 16.9. The lowest BCUT2D eigenvalue weighted by Crippen LogP contribution is -2.42. The molecule has 0 atom stereocenters. The summed E-state index contributed by atoms with van der Waals surface area (Å²) < 4.78 is 26.6. The number of rotatable bonds is 2. The molecule has 0 amide bonds. The third-order valence-electron chi connectivity index (χ3n) is 3.43. The lowest BCUT2D eigenvalue weighted by Gasteiger charge is -2.29. The number of nitriles is 1. The zero-order chi connectivity index (χ0) is 14.0. The van der Waals surface area contributed by atoms with Gasteiger partial charge < -0.3 is 5.73 Å². The SMILES string of the molecule is Cc1ccc(C#N)cc1S(=O)(=O)N1CCC(N)CC1.Cl. The van der Waals surface area contributed by atoms with Crippen molar-refractivity contribution in [2.24, 2.45) is 5.73 Å². The van der Waals surface area contributed by atoms with E-state index in [9.17, 15) is 8.42 Å².